The van der Waals surface area contributed by atoms with E-state index in [1.807, 2.05) is 31.2 Å². The zero-order chi connectivity index (χ0) is 21.8. The third-order valence-corrected chi connectivity index (χ3v) is 4.02. The molecule has 2 rings (SSSR count). The number of carbonyl (C=O) groups excluding carboxylic acids is 2. The van der Waals surface area contributed by atoms with Crippen LogP contribution in [0.1, 0.15) is 29.5 Å². The number of nitrogens with zero attached hydrogens (tertiary/aromatic N) is 1. The number of unbranched alkanes of at least 4 members (excludes halogenated alkanes) is 1. The summed E-state index contributed by atoms with van der Waals surface area (Å²) in [6.45, 7) is 6.12. The Morgan fingerprint density at radius 2 is 1.80 bits per heavy atom. The highest BCUT2D eigenvalue weighted by Crippen LogP contribution is 2.20. The maximum absolute atomic E-state index is 11.9. The van der Waals surface area contributed by atoms with E-state index < -0.39 is 11.9 Å². The molecule has 0 aliphatic carbocycles. The Hall–Kier alpha value is -3.85. The lowest BCUT2D eigenvalue weighted by atomic mass is 10.1. The van der Waals surface area contributed by atoms with E-state index in [0.717, 1.165) is 29.4 Å². The van der Waals surface area contributed by atoms with E-state index >= 15 is 0 Å². The second-order valence-electron chi connectivity index (χ2n) is 6.34. The summed E-state index contributed by atoms with van der Waals surface area (Å²) >= 11 is 0. The molecule has 0 radical (unpaired) electrons. The highest BCUT2D eigenvalue weighted by molar-refractivity contribution is 5.88. The van der Waals surface area contributed by atoms with Crippen LogP contribution in [-0.4, -0.2) is 25.2 Å². The molecule has 0 atom stereocenters. The molecule has 30 heavy (non-hydrogen) atoms. The SMILES string of the molecule is C=CC(=O)OCCCCOc1ccc(/C=C/C(=O)Oc2ccc(C#N)cc2)cc1C. The predicted molar refractivity (Wildman–Crippen MR) is 113 cm³/mol. The molecule has 0 aliphatic rings. The lowest BCUT2D eigenvalue weighted by molar-refractivity contribution is -0.137. The molecule has 0 amide bonds. The summed E-state index contributed by atoms with van der Waals surface area (Å²) in [5.41, 5.74) is 2.28. The van der Waals surface area contributed by atoms with Crippen LogP contribution in [0.4, 0.5) is 0 Å². The number of nitriles is 1. The Morgan fingerprint density at radius 3 is 2.47 bits per heavy atom. The van der Waals surface area contributed by atoms with Crippen LogP contribution in [0.2, 0.25) is 0 Å². The van der Waals surface area contributed by atoms with Gasteiger partial charge < -0.3 is 14.2 Å². The molecule has 0 saturated carbocycles. The summed E-state index contributed by atoms with van der Waals surface area (Å²) in [5, 5.41) is 8.77. The Kier molecular flexibility index (Phi) is 8.88. The first-order valence-electron chi connectivity index (χ1n) is 9.44. The molecule has 0 heterocycles. The first kappa shape index (κ1) is 22.4. The van der Waals surface area contributed by atoms with Gasteiger partial charge in [-0.3, -0.25) is 0 Å². The van der Waals surface area contributed by atoms with Crippen LogP contribution in [0, 0.1) is 18.3 Å². The van der Waals surface area contributed by atoms with E-state index in [1.54, 1.807) is 30.3 Å². The van der Waals surface area contributed by atoms with E-state index in [9.17, 15) is 9.59 Å². The van der Waals surface area contributed by atoms with Gasteiger partial charge >= 0.3 is 11.9 Å². The highest BCUT2D eigenvalue weighted by atomic mass is 16.5. The molecule has 2 aromatic rings. The second kappa shape index (κ2) is 11.9. The molecule has 0 aliphatic heterocycles. The Labute approximate surface area is 176 Å². The average Bonchev–Trinajstić information content (AvgIpc) is 2.76. The van der Waals surface area contributed by atoms with E-state index in [-0.39, 0.29) is 0 Å². The van der Waals surface area contributed by atoms with Crippen molar-refractivity contribution in [3.05, 3.63) is 77.9 Å². The molecule has 0 aromatic heterocycles. The summed E-state index contributed by atoms with van der Waals surface area (Å²) in [7, 11) is 0. The standard InChI is InChI=1S/C24H23NO5/c1-3-23(26)29-15-5-4-14-28-22-12-8-19(16-18(22)2)9-13-24(27)30-21-10-6-20(17-25)7-11-21/h3,6-13,16H,1,4-5,14-15H2,2H3/b13-9+. The molecule has 154 valence electrons. The van der Waals surface area contributed by atoms with Gasteiger partial charge in [0.1, 0.15) is 11.5 Å². The van der Waals surface area contributed by atoms with Crippen molar-refractivity contribution in [3.8, 4) is 17.6 Å². The van der Waals surface area contributed by atoms with Crippen LogP contribution in [0.3, 0.4) is 0 Å². The second-order valence-corrected chi connectivity index (χ2v) is 6.34. The lowest BCUT2D eigenvalue weighted by Crippen LogP contribution is -2.05. The van der Waals surface area contributed by atoms with Crippen LogP contribution in [0.15, 0.2) is 61.2 Å². The summed E-state index contributed by atoms with van der Waals surface area (Å²) in [4.78, 5) is 22.9. The number of carbonyl (C=O) groups is 2. The Bertz CT molecular complexity index is 955. The van der Waals surface area contributed by atoms with E-state index in [1.165, 1.54) is 6.08 Å². The number of aryl methyl sites for hydroxylation is 1. The van der Waals surface area contributed by atoms with Crippen LogP contribution >= 0.6 is 0 Å². The first-order valence-corrected chi connectivity index (χ1v) is 9.44. The number of ether oxygens (including phenoxy) is 3. The fraction of sp³-hybridized carbons (Fsp3) is 0.208. The van der Waals surface area contributed by atoms with Gasteiger partial charge in [0.05, 0.1) is 24.8 Å². The highest BCUT2D eigenvalue weighted by Gasteiger charge is 2.03. The van der Waals surface area contributed by atoms with Crippen LogP contribution in [0.25, 0.3) is 6.08 Å². The third-order valence-electron chi connectivity index (χ3n) is 4.02. The molecular formula is C24H23NO5. The van der Waals surface area contributed by atoms with Crippen LogP contribution in [-0.2, 0) is 14.3 Å². The Morgan fingerprint density at radius 1 is 1.07 bits per heavy atom. The molecule has 6 nitrogen and oxygen atoms in total. The zero-order valence-corrected chi connectivity index (χ0v) is 16.8. The van der Waals surface area contributed by atoms with Gasteiger partial charge in [-0.05, 0) is 73.4 Å². The van der Waals surface area contributed by atoms with Gasteiger partial charge in [0.2, 0.25) is 0 Å². The van der Waals surface area contributed by atoms with Crippen molar-refractivity contribution in [2.75, 3.05) is 13.2 Å². The van der Waals surface area contributed by atoms with Crippen molar-refractivity contribution in [1.82, 2.24) is 0 Å². The summed E-state index contributed by atoms with van der Waals surface area (Å²) < 4.78 is 15.9. The topological polar surface area (TPSA) is 85.6 Å². The molecule has 0 spiro atoms. The lowest BCUT2D eigenvalue weighted by Gasteiger charge is -2.10. The van der Waals surface area contributed by atoms with Gasteiger partial charge in [0, 0.05) is 12.2 Å². The molecule has 2 aromatic carbocycles. The van der Waals surface area contributed by atoms with E-state index in [0.29, 0.717) is 30.9 Å². The maximum atomic E-state index is 11.9. The van der Waals surface area contributed by atoms with Gasteiger partial charge in [0.25, 0.3) is 0 Å². The van der Waals surface area contributed by atoms with Crippen LogP contribution in [0.5, 0.6) is 11.5 Å². The summed E-state index contributed by atoms with van der Waals surface area (Å²) in [6.07, 6.45) is 5.62. The number of rotatable bonds is 10. The van der Waals surface area contributed by atoms with Crippen molar-refractivity contribution in [2.45, 2.75) is 19.8 Å². The maximum Gasteiger partial charge on any atom is 0.336 e. The molecule has 0 unspecified atom stereocenters. The van der Waals surface area contributed by atoms with Crippen molar-refractivity contribution in [1.29, 1.82) is 5.26 Å². The zero-order valence-electron chi connectivity index (χ0n) is 16.8. The van der Waals surface area contributed by atoms with Crippen molar-refractivity contribution in [2.24, 2.45) is 0 Å². The fourth-order valence-corrected chi connectivity index (χ4v) is 2.47. The Balaban J connectivity index is 1.79. The number of esters is 2. The summed E-state index contributed by atoms with van der Waals surface area (Å²) in [6, 6.07) is 13.9. The molecule has 0 bridgehead atoms. The van der Waals surface area contributed by atoms with Gasteiger partial charge in [-0.1, -0.05) is 12.6 Å². The number of hydrogen-bond donors (Lipinski definition) is 0. The third kappa shape index (κ3) is 7.64. The van der Waals surface area contributed by atoms with Gasteiger partial charge in [-0.2, -0.15) is 5.26 Å². The van der Waals surface area contributed by atoms with E-state index in [2.05, 4.69) is 6.58 Å². The molecule has 0 fully saturated rings. The number of hydrogen-bond acceptors (Lipinski definition) is 6. The molecule has 0 N–H and O–H groups in total. The predicted octanol–water partition coefficient (Wildman–Crippen LogP) is 4.37. The monoisotopic (exact) mass is 405 g/mol. The van der Waals surface area contributed by atoms with Gasteiger partial charge in [-0.25, -0.2) is 9.59 Å². The first-order chi connectivity index (χ1) is 14.5. The fourth-order valence-electron chi connectivity index (χ4n) is 2.47. The van der Waals surface area contributed by atoms with Gasteiger partial charge in [-0.15, -0.1) is 0 Å². The smallest absolute Gasteiger partial charge is 0.336 e. The molecule has 6 heteroatoms. The minimum Gasteiger partial charge on any atom is -0.493 e. The largest absolute Gasteiger partial charge is 0.493 e. The van der Waals surface area contributed by atoms with Crippen molar-refractivity contribution >= 4 is 18.0 Å². The molecular weight excluding hydrogens is 382 g/mol. The van der Waals surface area contributed by atoms with Crippen molar-refractivity contribution < 1.29 is 23.8 Å². The summed E-state index contributed by atoms with van der Waals surface area (Å²) in [5.74, 6) is 0.212. The van der Waals surface area contributed by atoms with Crippen LogP contribution < -0.4 is 9.47 Å². The minimum atomic E-state index is -0.505. The number of benzene rings is 2. The average molecular weight is 405 g/mol. The van der Waals surface area contributed by atoms with Gasteiger partial charge in [0.15, 0.2) is 0 Å². The van der Waals surface area contributed by atoms with Crippen molar-refractivity contribution in [3.63, 3.8) is 0 Å². The minimum absolute atomic E-state index is 0.343. The quantitative estimate of drug-likeness (QED) is 0.252. The normalized spacial score (nSPS) is 10.3. The molecule has 0 saturated heterocycles. The van der Waals surface area contributed by atoms with E-state index in [4.69, 9.17) is 19.5 Å².